The van der Waals surface area contributed by atoms with Crippen molar-refractivity contribution >= 4 is 18.0 Å². The highest BCUT2D eigenvalue weighted by Crippen LogP contribution is 2.28. The number of nitrogens with zero attached hydrogens (tertiary/aromatic N) is 1. The third kappa shape index (κ3) is 2.66. The first-order valence-corrected chi connectivity index (χ1v) is 5.27. The number of rotatable bonds is 3. The molecule has 17 heavy (non-hydrogen) atoms. The predicted octanol–water partition coefficient (Wildman–Crippen LogP) is -0.192. The van der Waals surface area contributed by atoms with E-state index >= 15 is 0 Å². The summed E-state index contributed by atoms with van der Waals surface area (Å²) in [6, 6.07) is -0.558. The number of ether oxygens (including phenoxy) is 1. The van der Waals surface area contributed by atoms with Crippen LogP contribution in [-0.2, 0) is 14.3 Å². The Kier molecular flexibility index (Phi) is 3.93. The van der Waals surface area contributed by atoms with Gasteiger partial charge in [-0.2, -0.15) is 0 Å². The fourth-order valence-electron chi connectivity index (χ4n) is 1.83. The number of methoxy groups -OCH3 is 1. The second-order valence-electron chi connectivity index (χ2n) is 4.07. The maximum Gasteiger partial charge on any atom is 0.329 e. The van der Waals surface area contributed by atoms with E-state index in [0.717, 1.165) is 0 Å². The fourth-order valence-corrected chi connectivity index (χ4v) is 1.83. The van der Waals surface area contributed by atoms with E-state index in [9.17, 15) is 14.4 Å². The number of aliphatic carboxylic acids is 1. The molecule has 0 saturated carbocycles. The van der Waals surface area contributed by atoms with E-state index in [4.69, 9.17) is 5.11 Å². The lowest BCUT2D eigenvalue weighted by molar-refractivity contribution is -0.147. The van der Waals surface area contributed by atoms with Gasteiger partial charge in [0.1, 0.15) is 12.1 Å². The molecule has 0 radical (unpaired) electrons. The summed E-state index contributed by atoms with van der Waals surface area (Å²) >= 11 is 0. The maximum atomic E-state index is 11.7. The number of carboxylic acid groups (broad SMARTS) is 1. The van der Waals surface area contributed by atoms with Gasteiger partial charge in [0.25, 0.3) is 0 Å². The van der Waals surface area contributed by atoms with Gasteiger partial charge < -0.3 is 20.1 Å². The highest BCUT2D eigenvalue weighted by atomic mass is 16.5. The zero-order valence-corrected chi connectivity index (χ0v) is 9.86. The average molecular weight is 244 g/mol. The van der Waals surface area contributed by atoms with Gasteiger partial charge in [-0.1, -0.05) is 0 Å². The Morgan fingerprint density at radius 3 is 2.65 bits per heavy atom. The van der Waals surface area contributed by atoms with Crippen molar-refractivity contribution in [2.45, 2.75) is 25.3 Å². The molecule has 0 aromatic rings. The van der Waals surface area contributed by atoms with E-state index < -0.39 is 23.5 Å². The average Bonchev–Trinajstić information content (AvgIpc) is 2.69. The first kappa shape index (κ1) is 13.3. The molecule has 1 aliphatic heterocycles. The van der Waals surface area contributed by atoms with Crippen LogP contribution in [0.25, 0.3) is 0 Å². The number of carbonyl (C=O) groups excluding carboxylic acids is 2. The molecular weight excluding hydrogens is 228 g/mol. The minimum Gasteiger partial charge on any atom is -0.480 e. The number of esters is 1. The zero-order valence-electron chi connectivity index (χ0n) is 9.86. The first-order valence-electron chi connectivity index (χ1n) is 5.27. The largest absolute Gasteiger partial charge is 0.480 e. The molecule has 1 aliphatic rings. The summed E-state index contributed by atoms with van der Waals surface area (Å²) in [5.41, 5.74) is -1.19. The number of likely N-dealkylation sites (tertiary alicyclic amines) is 1. The highest BCUT2D eigenvalue weighted by Gasteiger charge is 2.45. The van der Waals surface area contributed by atoms with E-state index in [2.05, 4.69) is 10.1 Å². The molecule has 7 nitrogen and oxygen atoms in total. The van der Waals surface area contributed by atoms with Crippen LogP contribution >= 0.6 is 0 Å². The monoisotopic (exact) mass is 244 g/mol. The van der Waals surface area contributed by atoms with E-state index in [1.165, 1.54) is 18.9 Å². The second kappa shape index (κ2) is 5.03. The van der Waals surface area contributed by atoms with Crippen molar-refractivity contribution in [2.24, 2.45) is 0 Å². The quantitative estimate of drug-likeness (QED) is 0.671. The van der Waals surface area contributed by atoms with Crippen molar-refractivity contribution in [3.05, 3.63) is 0 Å². The molecule has 0 bridgehead atoms. The molecule has 0 aromatic heterocycles. The molecule has 0 spiro atoms. The summed E-state index contributed by atoms with van der Waals surface area (Å²) < 4.78 is 4.37. The summed E-state index contributed by atoms with van der Waals surface area (Å²) in [5, 5.41) is 11.4. The lowest BCUT2D eigenvalue weighted by atomic mass is 10.00. The van der Waals surface area contributed by atoms with Gasteiger partial charge in [-0.05, 0) is 19.8 Å². The molecule has 96 valence electrons. The molecule has 2 N–H and O–H groups in total. The number of nitrogens with one attached hydrogen (secondary N) is 1. The smallest absolute Gasteiger partial charge is 0.329 e. The van der Waals surface area contributed by atoms with Crippen LogP contribution in [0.4, 0.5) is 4.79 Å². The van der Waals surface area contributed by atoms with Gasteiger partial charge in [0, 0.05) is 6.54 Å². The van der Waals surface area contributed by atoms with Gasteiger partial charge in [0.15, 0.2) is 0 Å². The molecule has 1 fully saturated rings. The fraction of sp³-hybridized carbons (Fsp3) is 0.700. The molecule has 0 aliphatic carbocycles. The lowest BCUT2D eigenvalue weighted by Crippen LogP contribution is -2.54. The number of hydrogen-bond acceptors (Lipinski definition) is 4. The summed E-state index contributed by atoms with van der Waals surface area (Å²) in [6.45, 7) is 1.61. The minimum atomic E-state index is -1.19. The third-order valence-electron chi connectivity index (χ3n) is 2.96. The molecule has 1 unspecified atom stereocenters. The van der Waals surface area contributed by atoms with Gasteiger partial charge >= 0.3 is 18.0 Å². The summed E-state index contributed by atoms with van der Waals surface area (Å²) in [6.07, 6.45) is 1.04. The summed E-state index contributed by atoms with van der Waals surface area (Å²) in [5.74, 6) is -1.61. The summed E-state index contributed by atoms with van der Waals surface area (Å²) in [7, 11) is 1.21. The lowest BCUT2D eigenvalue weighted by Gasteiger charge is -2.30. The van der Waals surface area contributed by atoms with Crippen LogP contribution in [-0.4, -0.2) is 53.7 Å². The maximum absolute atomic E-state index is 11.7. The number of urea groups is 1. The standard InChI is InChI=1S/C10H16N2O5/c1-10(8(14)15)4-3-5-12(10)9(16)11-6-7(13)17-2/h3-6H2,1-2H3,(H,11,16)(H,14,15). The van der Waals surface area contributed by atoms with Crippen LogP contribution in [0.2, 0.25) is 0 Å². The van der Waals surface area contributed by atoms with Crippen LogP contribution in [0.5, 0.6) is 0 Å². The second-order valence-corrected chi connectivity index (χ2v) is 4.07. The Bertz CT molecular complexity index is 344. The molecular formula is C10H16N2O5. The third-order valence-corrected chi connectivity index (χ3v) is 2.96. The molecule has 7 heteroatoms. The zero-order chi connectivity index (χ0) is 13.1. The van der Waals surface area contributed by atoms with Crippen molar-refractivity contribution in [2.75, 3.05) is 20.2 Å². The van der Waals surface area contributed by atoms with E-state index in [1.807, 2.05) is 0 Å². The van der Waals surface area contributed by atoms with Crippen molar-refractivity contribution in [3.8, 4) is 0 Å². The van der Waals surface area contributed by atoms with Crippen LogP contribution in [0, 0.1) is 0 Å². The van der Waals surface area contributed by atoms with Crippen molar-refractivity contribution < 1.29 is 24.2 Å². The Morgan fingerprint density at radius 2 is 2.12 bits per heavy atom. The molecule has 1 saturated heterocycles. The van der Waals surface area contributed by atoms with Gasteiger partial charge in [-0.25, -0.2) is 9.59 Å². The highest BCUT2D eigenvalue weighted by molar-refractivity contribution is 5.88. The molecule has 0 aromatic carbocycles. The van der Waals surface area contributed by atoms with Crippen LogP contribution in [0.1, 0.15) is 19.8 Å². The topological polar surface area (TPSA) is 95.9 Å². The van der Waals surface area contributed by atoms with Crippen LogP contribution < -0.4 is 5.32 Å². The molecule has 2 amide bonds. The van der Waals surface area contributed by atoms with Crippen molar-refractivity contribution in [1.82, 2.24) is 10.2 Å². The number of hydrogen-bond donors (Lipinski definition) is 2. The van der Waals surface area contributed by atoms with Gasteiger partial charge in [0.05, 0.1) is 7.11 Å². The Hall–Kier alpha value is -1.79. The van der Waals surface area contributed by atoms with Crippen LogP contribution in [0.3, 0.4) is 0 Å². The molecule has 1 heterocycles. The SMILES string of the molecule is COC(=O)CNC(=O)N1CCCC1(C)C(=O)O. The predicted molar refractivity (Wildman–Crippen MR) is 57.4 cm³/mol. The number of carboxylic acids is 1. The van der Waals surface area contributed by atoms with Gasteiger partial charge in [0.2, 0.25) is 0 Å². The van der Waals surface area contributed by atoms with E-state index in [-0.39, 0.29) is 6.54 Å². The Balaban J connectivity index is 2.63. The van der Waals surface area contributed by atoms with Gasteiger partial charge in [-0.3, -0.25) is 4.79 Å². The van der Waals surface area contributed by atoms with Crippen LogP contribution in [0.15, 0.2) is 0 Å². The normalized spacial score (nSPS) is 23.3. The Labute approximate surface area is 98.7 Å². The minimum absolute atomic E-state index is 0.262. The van der Waals surface area contributed by atoms with Crippen molar-refractivity contribution in [1.29, 1.82) is 0 Å². The van der Waals surface area contributed by atoms with E-state index in [1.54, 1.807) is 0 Å². The Morgan fingerprint density at radius 1 is 1.47 bits per heavy atom. The molecule has 1 atom stereocenters. The molecule has 1 rings (SSSR count). The number of amides is 2. The van der Waals surface area contributed by atoms with E-state index in [0.29, 0.717) is 19.4 Å². The van der Waals surface area contributed by atoms with Crippen molar-refractivity contribution in [3.63, 3.8) is 0 Å². The first-order chi connectivity index (χ1) is 7.91. The summed E-state index contributed by atoms with van der Waals surface area (Å²) in [4.78, 5) is 34.9. The van der Waals surface area contributed by atoms with Gasteiger partial charge in [-0.15, -0.1) is 0 Å². The number of carbonyl (C=O) groups is 3.